The van der Waals surface area contributed by atoms with E-state index in [1.165, 1.54) is 60.7 Å². The Labute approximate surface area is 246 Å². The predicted molar refractivity (Wildman–Crippen MR) is 159 cm³/mol. The molecule has 3 aromatic rings. The molecule has 0 aliphatic heterocycles. The number of aryl methyl sites for hydroxylation is 2. The van der Waals surface area contributed by atoms with Crippen molar-refractivity contribution in [3.8, 4) is 0 Å². The molecule has 0 fully saturated rings. The van der Waals surface area contributed by atoms with Crippen LogP contribution < -0.4 is 0 Å². The molecule has 3 rings (SSSR count). The molecular formula is C30H32BrCl2F3OS. The van der Waals surface area contributed by atoms with E-state index in [0.29, 0.717) is 17.1 Å². The first-order valence-electron chi connectivity index (χ1n) is 12.6. The van der Waals surface area contributed by atoms with E-state index >= 15 is 0 Å². The molecule has 0 unspecified atom stereocenters. The van der Waals surface area contributed by atoms with Crippen LogP contribution in [-0.2, 0) is 19.0 Å². The van der Waals surface area contributed by atoms with Crippen LogP contribution in [0.3, 0.4) is 0 Å². The Hall–Kier alpha value is -1.47. The van der Waals surface area contributed by atoms with Crippen LogP contribution in [0.1, 0.15) is 65.6 Å². The first kappa shape index (κ1) is 32.7. The molecule has 0 aliphatic carbocycles. The Kier molecular flexibility index (Phi) is 15.5. The Bertz CT molecular complexity index is 1090. The van der Waals surface area contributed by atoms with E-state index in [1.807, 2.05) is 36.4 Å². The number of aldehydes is 1. The zero-order valence-corrected chi connectivity index (χ0v) is 25.0. The second-order valence-electron chi connectivity index (χ2n) is 8.78. The van der Waals surface area contributed by atoms with Crippen molar-refractivity contribution >= 4 is 57.2 Å². The average Bonchev–Trinajstić information content (AvgIpc) is 2.90. The van der Waals surface area contributed by atoms with E-state index in [9.17, 15) is 18.0 Å². The van der Waals surface area contributed by atoms with Crippen LogP contribution in [0.5, 0.6) is 0 Å². The summed E-state index contributed by atoms with van der Waals surface area (Å²) in [5.41, 5.74) is 1.91. The highest BCUT2D eigenvalue weighted by molar-refractivity contribution is 9.09. The fourth-order valence-electron chi connectivity index (χ4n) is 3.66. The highest BCUT2D eigenvalue weighted by Gasteiger charge is 2.33. The quantitative estimate of drug-likeness (QED) is 0.0794. The van der Waals surface area contributed by atoms with Gasteiger partial charge in [0.15, 0.2) is 0 Å². The topological polar surface area (TPSA) is 17.1 Å². The summed E-state index contributed by atoms with van der Waals surface area (Å²) < 4.78 is 39.2. The van der Waals surface area contributed by atoms with Crippen LogP contribution >= 0.6 is 50.9 Å². The van der Waals surface area contributed by atoms with E-state index < -0.39 is 11.7 Å². The number of alkyl halides is 4. The first-order chi connectivity index (χ1) is 18.2. The molecular weight excluding hydrogens is 616 g/mol. The van der Waals surface area contributed by atoms with Gasteiger partial charge in [0.05, 0.1) is 5.56 Å². The average molecular weight is 648 g/mol. The second kappa shape index (κ2) is 18.0. The number of carbonyl (C=O) groups is 1. The number of hydrogen-bond donors (Lipinski definition) is 0. The minimum Gasteiger partial charge on any atom is -0.298 e. The molecule has 1 nitrogen and oxygen atoms in total. The van der Waals surface area contributed by atoms with Crippen LogP contribution in [-0.4, -0.2) is 17.4 Å². The third-order valence-corrected chi connectivity index (χ3v) is 7.96. The summed E-state index contributed by atoms with van der Waals surface area (Å²) in [6, 6.07) is 19.5. The molecule has 0 amide bonds. The van der Waals surface area contributed by atoms with Gasteiger partial charge in [0, 0.05) is 25.8 Å². The third kappa shape index (κ3) is 13.1. The van der Waals surface area contributed by atoms with Gasteiger partial charge in [-0.1, -0.05) is 82.3 Å². The van der Waals surface area contributed by atoms with E-state index in [1.54, 1.807) is 0 Å². The first-order valence-corrected chi connectivity index (χ1v) is 15.4. The molecule has 0 radical (unpaired) electrons. The minimum absolute atomic E-state index is 0.0413. The van der Waals surface area contributed by atoms with Crippen molar-refractivity contribution in [1.29, 1.82) is 0 Å². The van der Waals surface area contributed by atoms with Crippen molar-refractivity contribution in [2.24, 2.45) is 0 Å². The van der Waals surface area contributed by atoms with Gasteiger partial charge in [0.2, 0.25) is 0 Å². The fourth-order valence-corrected chi connectivity index (χ4v) is 5.37. The van der Waals surface area contributed by atoms with Gasteiger partial charge < -0.3 is 0 Å². The monoisotopic (exact) mass is 646 g/mol. The van der Waals surface area contributed by atoms with Gasteiger partial charge in [0.25, 0.3) is 0 Å². The smallest absolute Gasteiger partial charge is 0.298 e. The maximum Gasteiger partial charge on any atom is 0.417 e. The van der Waals surface area contributed by atoms with Gasteiger partial charge in [-0.05, 0) is 91.8 Å². The Balaban J connectivity index is 0.000000328. The van der Waals surface area contributed by atoms with E-state index in [4.69, 9.17) is 23.2 Å². The lowest BCUT2D eigenvalue weighted by Gasteiger charge is -2.13. The molecule has 38 heavy (non-hydrogen) atoms. The van der Waals surface area contributed by atoms with Gasteiger partial charge in [0.1, 0.15) is 6.29 Å². The number of halogens is 6. The van der Waals surface area contributed by atoms with Gasteiger partial charge >= 0.3 is 6.18 Å². The third-order valence-electron chi connectivity index (χ3n) is 5.74. The van der Waals surface area contributed by atoms with Crippen molar-refractivity contribution < 1.29 is 18.0 Å². The van der Waals surface area contributed by atoms with E-state index in [-0.39, 0.29) is 10.5 Å². The van der Waals surface area contributed by atoms with Crippen molar-refractivity contribution in [3.05, 3.63) is 99.0 Å². The zero-order valence-electron chi connectivity index (χ0n) is 21.1. The van der Waals surface area contributed by atoms with Crippen molar-refractivity contribution in [2.75, 3.05) is 11.1 Å². The number of hydrogen-bond acceptors (Lipinski definition) is 2. The lowest BCUT2D eigenvalue weighted by Crippen LogP contribution is -2.07. The van der Waals surface area contributed by atoms with Crippen LogP contribution in [0, 0.1) is 0 Å². The molecule has 8 heteroatoms. The van der Waals surface area contributed by atoms with E-state index in [2.05, 4.69) is 28.1 Å². The summed E-state index contributed by atoms with van der Waals surface area (Å²) in [4.78, 5) is 10.9. The van der Waals surface area contributed by atoms with Crippen LogP contribution in [0.4, 0.5) is 13.2 Å². The lowest BCUT2D eigenvalue weighted by molar-refractivity contribution is -0.139. The summed E-state index contributed by atoms with van der Waals surface area (Å²) in [6.07, 6.45) is 4.70. The Morgan fingerprint density at radius 3 is 1.74 bits per heavy atom. The molecule has 0 aliphatic rings. The molecule has 0 N–H and O–H groups in total. The van der Waals surface area contributed by atoms with Crippen LogP contribution in [0.2, 0.25) is 10.0 Å². The maximum atomic E-state index is 13.1. The largest absolute Gasteiger partial charge is 0.417 e. The number of carbonyl (C=O) groups excluding carboxylic acids is 1. The number of thioether (sulfide) groups is 1. The second-order valence-corrected chi connectivity index (χ2v) is 11.6. The summed E-state index contributed by atoms with van der Waals surface area (Å²) in [5.74, 6) is 0.615. The maximum absolute atomic E-state index is 13.1. The molecule has 0 aromatic heterocycles. The van der Waals surface area contributed by atoms with Crippen LogP contribution in [0.15, 0.2) is 71.6 Å². The molecule has 0 saturated carbocycles. The summed E-state index contributed by atoms with van der Waals surface area (Å²) in [6.45, 7) is 0. The minimum atomic E-state index is -4.45. The van der Waals surface area contributed by atoms with Crippen molar-refractivity contribution in [3.63, 3.8) is 0 Å². The molecule has 0 bridgehead atoms. The summed E-state index contributed by atoms with van der Waals surface area (Å²) in [5, 5.41) is 2.65. The summed E-state index contributed by atoms with van der Waals surface area (Å²) >= 11 is 16.2. The zero-order chi connectivity index (χ0) is 27.8. The molecule has 0 atom stereocenters. The lowest BCUT2D eigenvalue weighted by atomic mass is 10.1. The normalized spacial score (nSPS) is 11.1. The summed E-state index contributed by atoms with van der Waals surface area (Å²) in [7, 11) is 0. The number of rotatable bonds is 13. The highest BCUT2D eigenvalue weighted by Crippen LogP contribution is 2.37. The molecule has 0 heterocycles. The molecule has 206 valence electrons. The van der Waals surface area contributed by atoms with Gasteiger partial charge in [-0.3, -0.25) is 4.79 Å². The van der Waals surface area contributed by atoms with Gasteiger partial charge in [-0.15, -0.1) is 11.8 Å². The fraction of sp³-hybridized carbons (Fsp3) is 0.367. The highest BCUT2D eigenvalue weighted by atomic mass is 79.9. The SMILES string of the molecule is Clc1ccc(CCCCCBr)cc1.O=Cc1ccc(SCCCCCc2ccc(Cl)cc2)c(C(F)(F)F)c1. The Morgan fingerprint density at radius 2 is 1.26 bits per heavy atom. The van der Waals surface area contributed by atoms with Crippen molar-refractivity contribution in [2.45, 2.75) is 62.4 Å². The molecule has 0 spiro atoms. The number of unbranched alkanes of at least 4 members (excludes halogenated alkanes) is 4. The van der Waals surface area contributed by atoms with Gasteiger partial charge in [-0.25, -0.2) is 0 Å². The van der Waals surface area contributed by atoms with Crippen LogP contribution in [0.25, 0.3) is 0 Å². The molecule has 0 saturated heterocycles. The Morgan fingerprint density at radius 1 is 0.737 bits per heavy atom. The molecule has 3 aromatic carbocycles. The standard InChI is InChI=1S/C19H18ClF3OS.C11H14BrCl/c20-16-8-5-14(6-9-16)4-2-1-3-11-25-18-10-7-15(13-24)12-17(18)19(21,22)23;12-9-3-1-2-4-10-5-7-11(13)8-6-10/h5-10,12-13H,1-4,11H2;5-8H,1-4,9H2. The predicted octanol–water partition coefficient (Wildman–Crippen LogP) is 11.1. The van der Waals surface area contributed by atoms with Gasteiger partial charge in [-0.2, -0.15) is 13.2 Å². The number of benzene rings is 3. The van der Waals surface area contributed by atoms with E-state index in [0.717, 1.165) is 42.1 Å². The van der Waals surface area contributed by atoms with Crippen molar-refractivity contribution in [1.82, 2.24) is 0 Å².